The van der Waals surface area contributed by atoms with Crippen molar-refractivity contribution in [2.24, 2.45) is 5.16 Å². The van der Waals surface area contributed by atoms with Gasteiger partial charge in [0, 0.05) is 25.0 Å². The third-order valence-corrected chi connectivity index (χ3v) is 5.54. The highest BCUT2D eigenvalue weighted by atomic mass is 79.9. The number of nitrogens with one attached hydrogen (secondary N) is 4. The van der Waals surface area contributed by atoms with Crippen LogP contribution in [0.3, 0.4) is 0 Å². The van der Waals surface area contributed by atoms with Gasteiger partial charge >= 0.3 is 0 Å². The number of anilines is 2. The van der Waals surface area contributed by atoms with Gasteiger partial charge in [0.1, 0.15) is 5.82 Å². The van der Waals surface area contributed by atoms with Crippen molar-refractivity contribution in [1.29, 1.82) is 0 Å². The Hall–Kier alpha value is -2.09. The molecule has 13 heteroatoms. The van der Waals surface area contributed by atoms with Gasteiger partial charge < -0.3 is 15.8 Å². The van der Waals surface area contributed by atoms with Crippen molar-refractivity contribution in [3.63, 3.8) is 0 Å². The van der Waals surface area contributed by atoms with Crippen LogP contribution in [-0.2, 0) is 10.3 Å². The molecule has 10 nitrogen and oxygen atoms in total. The topological polar surface area (TPSA) is 137 Å². The molecule has 2 aromatic rings. The van der Waals surface area contributed by atoms with E-state index in [4.69, 9.17) is 0 Å². The van der Waals surface area contributed by atoms with Crippen LogP contribution in [0.1, 0.15) is 5.69 Å². The number of thiol groups is 1. The number of halogens is 2. The summed E-state index contributed by atoms with van der Waals surface area (Å²) in [6.07, 6.45) is 1.57. The second-order valence-electron chi connectivity index (χ2n) is 5.15. The van der Waals surface area contributed by atoms with Gasteiger partial charge in [-0.15, -0.1) is 0 Å². The molecule has 0 atom stereocenters. The Morgan fingerprint density at radius 1 is 1.42 bits per heavy atom. The van der Waals surface area contributed by atoms with Crippen molar-refractivity contribution in [2.75, 3.05) is 37.0 Å². The molecule has 0 unspecified atom stereocenters. The van der Waals surface area contributed by atoms with E-state index in [1.54, 1.807) is 13.3 Å². The summed E-state index contributed by atoms with van der Waals surface area (Å²) < 4.78 is 35.6. The molecule has 0 aliphatic carbocycles. The Balaban J connectivity index is 2.02. The standard InChI is InChI=1S/C13H19BrFN7O3S/c1-16-26(2,24)18-6-5-17-12-11(21-25-22-12)13(20-23)19-8-3-4-10(15)9(14)7-8/h3-4,7,23,26H,5-6H2,1-2H3,(H,17,22)(H,19,20)(H2,16,18,24). The zero-order valence-corrected chi connectivity index (χ0v) is 16.4. The van der Waals surface area contributed by atoms with Crippen LogP contribution in [0.25, 0.3) is 0 Å². The van der Waals surface area contributed by atoms with Gasteiger partial charge in [-0.1, -0.05) is 5.16 Å². The lowest BCUT2D eigenvalue weighted by Gasteiger charge is -2.19. The largest absolute Gasteiger partial charge is 0.409 e. The van der Waals surface area contributed by atoms with E-state index in [1.165, 1.54) is 18.2 Å². The van der Waals surface area contributed by atoms with E-state index in [2.05, 4.69) is 56.1 Å². The van der Waals surface area contributed by atoms with Crippen LogP contribution in [0.4, 0.5) is 15.9 Å². The maximum Gasteiger partial charge on any atom is 0.203 e. The third kappa shape index (κ3) is 5.45. The van der Waals surface area contributed by atoms with E-state index in [1.807, 2.05) is 0 Å². The smallest absolute Gasteiger partial charge is 0.203 e. The molecular formula is C13H19BrFN7O3S. The van der Waals surface area contributed by atoms with E-state index >= 15 is 0 Å². The van der Waals surface area contributed by atoms with E-state index in [9.17, 15) is 13.8 Å². The van der Waals surface area contributed by atoms with E-state index in [0.717, 1.165) is 0 Å². The molecule has 1 aromatic heterocycles. The molecule has 144 valence electrons. The molecule has 0 fully saturated rings. The quantitative estimate of drug-likeness (QED) is 0.0875. The van der Waals surface area contributed by atoms with Gasteiger partial charge in [0.15, 0.2) is 5.69 Å². The Bertz CT molecular complexity index is 832. The first-order chi connectivity index (χ1) is 12.4. The van der Waals surface area contributed by atoms with Crippen LogP contribution in [0.2, 0.25) is 0 Å². The summed E-state index contributed by atoms with van der Waals surface area (Å²) in [7, 11) is -0.980. The second kappa shape index (κ2) is 9.02. The number of rotatable bonds is 8. The highest BCUT2D eigenvalue weighted by molar-refractivity contribution is 9.10. The molecule has 0 saturated carbocycles. The molecule has 1 heterocycles. The highest BCUT2D eigenvalue weighted by Crippen LogP contribution is 2.21. The van der Waals surface area contributed by atoms with Crippen LogP contribution in [-0.4, -0.2) is 52.0 Å². The molecule has 2 rings (SSSR count). The maximum atomic E-state index is 13.3. The first-order valence-electron chi connectivity index (χ1n) is 7.39. The monoisotopic (exact) mass is 451 g/mol. The minimum Gasteiger partial charge on any atom is -0.409 e. The third-order valence-electron chi connectivity index (χ3n) is 3.25. The van der Waals surface area contributed by atoms with Gasteiger partial charge in [0.2, 0.25) is 11.7 Å². The summed E-state index contributed by atoms with van der Waals surface area (Å²) in [5.74, 6) is -0.244. The molecule has 0 aliphatic rings. The molecule has 0 bridgehead atoms. The van der Waals surface area contributed by atoms with Crippen molar-refractivity contribution >= 4 is 43.6 Å². The van der Waals surface area contributed by atoms with E-state index in [-0.39, 0.29) is 21.8 Å². The van der Waals surface area contributed by atoms with Crippen LogP contribution in [0.15, 0.2) is 32.5 Å². The van der Waals surface area contributed by atoms with Crippen molar-refractivity contribution in [1.82, 2.24) is 19.8 Å². The lowest BCUT2D eigenvalue weighted by Crippen LogP contribution is -2.42. The van der Waals surface area contributed by atoms with Crippen molar-refractivity contribution < 1.29 is 18.4 Å². The zero-order valence-electron chi connectivity index (χ0n) is 14.0. The van der Waals surface area contributed by atoms with Crippen LogP contribution >= 0.6 is 15.9 Å². The number of nitrogens with zero attached hydrogens (tertiary/aromatic N) is 3. The minimum atomic E-state index is -2.58. The fourth-order valence-electron chi connectivity index (χ4n) is 1.83. The van der Waals surface area contributed by atoms with Crippen LogP contribution in [0.5, 0.6) is 0 Å². The molecule has 0 amide bonds. The van der Waals surface area contributed by atoms with Gasteiger partial charge in [-0.3, -0.25) is 8.93 Å². The van der Waals surface area contributed by atoms with Crippen LogP contribution in [0, 0.1) is 5.82 Å². The summed E-state index contributed by atoms with van der Waals surface area (Å²) in [4.78, 5) is 0. The second-order valence-corrected chi connectivity index (χ2v) is 8.61. The van der Waals surface area contributed by atoms with E-state index in [0.29, 0.717) is 18.8 Å². The zero-order chi connectivity index (χ0) is 19.2. The fourth-order valence-corrected chi connectivity index (χ4v) is 2.91. The van der Waals surface area contributed by atoms with E-state index < -0.39 is 16.1 Å². The SMILES string of the molecule is CN[SH](C)(=O)NCCNc1nonc1/C(=N/O)Nc1ccc(F)c(Br)c1. The van der Waals surface area contributed by atoms with Gasteiger partial charge in [0.05, 0.1) is 4.47 Å². The number of hydrogen-bond acceptors (Lipinski definition) is 7. The number of amidine groups is 1. The number of hydrogen-bond donors (Lipinski definition) is 6. The predicted octanol–water partition coefficient (Wildman–Crippen LogP) is 0.916. The molecule has 0 saturated heterocycles. The van der Waals surface area contributed by atoms with Crippen molar-refractivity contribution in [3.05, 3.63) is 34.2 Å². The highest BCUT2D eigenvalue weighted by Gasteiger charge is 2.18. The number of oxime groups is 1. The molecule has 26 heavy (non-hydrogen) atoms. The summed E-state index contributed by atoms with van der Waals surface area (Å²) in [5.41, 5.74) is 0.587. The van der Waals surface area contributed by atoms with Gasteiger partial charge in [-0.25, -0.2) is 13.7 Å². The summed E-state index contributed by atoms with van der Waals surface area (Å²) >= 11 is 3.07. The Labute approximate surface area is 158 Å². The van der Waals surface area contributed by atoms with Crippen molar-refractivity contribution in [3.8, 4) is 0 Å². The number of aromatic nitrogens is 2. The van der Waals surface area contributed by atoms with Crippen molar-refractivity contribution in [2.45, 2.75) is 0 Å². The summed E-state index contributed by atoms with van der Waals surface area (Å²) in [6, 6.07) is 4.19. The average molecular weight is 452 g/mol. The first-order valence-corrected chi connectivity index (χ1v) is 10.3. The Morgan fingerprint density at radius 2 is 2.19 bits per heavy atom. The first kappa shape index (κ1) is 20.2. The lowest BCUT2D eigenvalue weighted by molar-refractivity contribution is 0.305. The molecule has 1 aromatic carbocycles. The molecule has 5 N–H and O–H groups in total. The fraction of sp³-hybridized carbons (Fsp3) is 0.308. The van der Waals surface area contributed by atoms with Crippen LogP contribution < -0.4 is 20.1 Å². The lowest BCUT2D eigenvalue weighted by atomic mass is 10.3. The summed E-state index contributed by atoms with van der Waals surface area (Å²) in [5, 5.41) is 25.5. The maximum absolute atomic E-state index is 13.3. The summed E-state index contributed by atoms with van der Waals surface area (Å²) in [6.45, 7) is 0.742. The molecular weight excluding hydrogens is 433 g/mol. The molecule has 0 spiro atoms. The molecule has 0 aliphatic heterocycles. The normalized spacial score (nSPS) is 12.8. The van der Waals surface area contributed by atoms with Gasteiger partial charge in [-0.2, -0.15) is 0 Å². The van der Waals surface area contributed by atoms with Gasteiger partial charge in [-0.05, 0) is 61.8 Å². The average Bonchev–Trinajstić information content (AvgIpc) is 3.08. The Kier molecular flexibility index (Phi) is 7.02. The number of benzene rings is 1. The predicted molar refractivity (Wildman–Crippen MR) is 101 cm³/mol. The van der Waals surface area contributed by atoms with Gasteiger partial charge in [0.25, 0.3) is 0 Å². The Morgan fingerprint density at radius 3 is 2.85 bits per heavy atom. The molecule has 0 radical (unpaired) electrons. The minimum absolute atomic E-state index is 0.0448.